The van der Waals surface area contributed by atoms with Gasteiger partial charge in [0.2, 0.25) is 0 Å². The Hall–Kier alpha value is -2.74. The van der Waals surface area contributed by atoms with Crippen molar-refractivity contribution < 1.29 is 19.1 Å². The third kappa shape index (κ3) is 3.72. The van der Waals surface area contributed by atoms with E-state index in [1.807, 2.05) is 0 Å². The van der Waals surface area contributed by atoms with E-state index in [2.05, 4.69) is 15.5 Å². The van der Waals surface area contributed by atoms with E-state index in [0.29, 0.717) is 11.3 Å². The summed E-state index contributed by atoms with van der Waals surface area (Å²) < 4.78 is 13.8. The number of amides is 1. The molecule has 2 aromatic rings. The van der Waals surface area contributed by atoms with Gasteiger partial charge in [-0.15, -0.1) is 0 Å². The molecular formula is C15H17FN4O3. The summed E-state index contributed by atoms with van der Waals surface area (Å²) in [7, 11) is 0. The van der Waals surface area contributed by atoms with Gasteiger partial charge in [0, 0.05) is 23.4 Å². The van der Waals surface area contributed by atoms with Crippen molar-refractivity contribution in [2.24, 2.45) is 5.73 Å². The first-order valence-electron chi connectivity index (χ1n) is 6.88. The molecule has 0 saturated carbocycles. The molecule has 0 aliphatic carbocycles. The van der Waals surface area contributed by atoms with Crippen LogP contribution in [-0.2, 0) is 4.79 Å². The van der Waals surface area contributed by atoms with E-state index < -0.39 is 23.7 Å². The molecule has 23 heavy (non-hydrogen) atoms. The molecule has 1 aromatic carbocycles. The second kappa shape index (κ2) is 6.57. The lowest BCUT2D eigenvalue weighted by Gasteiger charge is -2.10. The number of carbonyl (C=O) groups is 2. The smallest absolute Gasteiger partial charge is 0.322 e. The van der Waals surface area contributed by atoms with Crippen molar-refractivity contribution in [3.05, 3.63) is 41.0 Å². The Balaban J connectivity index is 2.27. The molecular weight excluding hydrogens is 303 g/mol. The molecule has 0 unspecified atom stereocenters. The van der Waals surface area contributed by atoms with Gasteiger partial charge in [-0.25, -0.2) is 4.39 Å². The zero-order valence-corrected chi connectivity index (χ0v) is 12.7. The number of halogens is 1. The molecule has 0 radical (unpaired) electrons. The molecule has 122 valence electrons. The third-order valence-corrected chi connectivity index (χ3v) is 3.38. The monoisotopic (exact) mass is 320 g/mol. The van der Waals surface area contributed by atoms with Gasteiger partial charge in [-0.05, 0) is 37.6 Å². The van der Waals surface area contributed by atoms with Crippen molar-refractivity contribution in [1.29, 1.82) is 0 Å². The number of benzene rings is 1. The Morgan fingerprint density at radius 2 is 2.09 bits per heavy atom. The van der Waals surface area contributed by atoms with Gasteiger partial charge in [0.1, 0.15) is 11.9 Å². The largest absolute Gasteiger partial charge is 0.480 e. The number of carboxylic acid groups (broad SMARTS) is 1. The minimum absolute atomic E-state index is 0.0811. The predicted octanol–water partition coefficient (Wildman–Crippen LogP) is 0.974. The van der Waals surface area contributed by atoms with Crippen LogP contribution in [0.25, 0.3) is 11.1 Å². The molecule has 1 aromatic heterocycles. The van der Waals surface area contributed by atoms with Crippen LogP contribution in [0.1, 0.15) is 21.7 Å². The molecule has 0 saturated heterocycles. The van der Waals surface area contributed by atoms with Crippen LogP contribution in [0.2, 0.25) is 0 Å². The SMILES string of the molecule is Cc1n[nH]c(C)c1-c1cc(F)cc(C(=O)NC[C@@H](N)C(=O)O)c1. The number of carboxylic acids is 1. The van der Waals surface area contributed by atoms with E-state index in [0.717, 1.165) is 17.3 Å². The van der Waals surface area contributed by atoms with Gasteiger partial charge in [0.05, 0.1) is 5.69 Å². The highest BCUT2D eigenvalue weighted by Gasteiger charge is 2.16. The maximum Gasteiger partial charge on any atom is 0.322 e. The Labute approximate surface area is 131 Å². The molecule has 1 amide bonds. The van der Waals surface area contributed by atoms with E-state index >= 15 is 0 Å². The van der Waals surface area contributed by atoms with E-state index in [9.17, 15) is 14.0 Å². The quantitative estimate of drug-likeness (QED) is 0.654. The number of aromatic amines is 1. The zero-order valence-electron chi connectivity index (χ0n) is 12.7. The Bertz CT molecular complexity index is 738. The fourth-order valence-corrected chi connectivity index (χ4v) is 2.23. The number of nitrogens with two attached hydrogens (primary N) is 1. The van der Waals surface area contributed by atoms with Gasteiger partial charge < -0.3 is 16.2 Å². The van der Waals surface area contributed by atoms with Gasteiger partial charge >= 0.3 is 5.97 Å². The predicted molar refractivity (Wildman–Crippen MR) is 81.4 cm³/mol. The average molecular weight is 320 g/mol. The number of carbonyl (C=O) groups excluding carboxylic acids is 1. The van der Waals surface area contributed by atoms with Crippen LogP contribution in [0.4, 0.5) is 4.39 Å². The maximum atomic E-state index is 13.8. The number of H-pyrrole nitrogens is 1. The van der Waals surface area contributed by atoms with Gasteiger partial charge in [-0.1, -0.05) is 0 Å². The summed E-state index contributed by atoms with van der Waals surface area (Å²) >= 11 is 0. The van der Waals surface area contributed by atoms with Crippen LogP contribution >= 0.6 is 0 Å². The topological polar surface area (TPSA) is 121 Å². The lowest BCUT2D eigenvalue weighted by molar-refractivity contribution is -0.138. The van der Waals surface area contributed by atoms with Crippen LogP contribution in [0.3, 0.4) is 0 Å². The third-order valence-electron chi connectivity index (χ3n) is 3.38. The first-order valence-corrected chi connectivity index (χ1v) is 6.88. The summed E-state index contributed by atoms with van der Waals surface area (Å²) in [4.78, 5) is 22.7. The molecule has 1 atom stereocenters. The summed E-state index contributed by atoms with van der Waals surface area (Å²) in [6.45, 7) is 3.32. The maximum absolute atomic E-state index is 13.8. The number of aliphatic carboxylic acids is 1. The van der Waals surface area contributed by atoms with E-state index in [4.69, 9.17) is 10.8 Å². The Kier molecular flexibility index (Phi) is 4.75. The van der Waals surface area contributed by atoms with E-state index in [1.165, 1.54) is 12.1 Å². The van der Waals surface area contributed by atoms with Crippen molar-refractivity contribution in [3.8, 4) is 11.1 Å². The number of rotatable bonds is 5. The van der Waals surface area contributed by atoms with Gasteiger partial charge in [0.15, 0.2) is 0 Å². The molecule has 2 rings (SSSR count). The number of hydrogen-bond donors (Lipinski definition) is 4. The van der Waals surface area contributed by atoms with Crippen molar-refractivity contribution in [2.45, 2.75) is 19.9 Å². The van der Waals surface area contributed by atoms with Crippen molar-refractivity contribution in [3.63, 3.8) is 0 Å². The highest BCUT2D eigenvalue weighted by Crippen LogP contribution is 2.27. The molecule has 0 aliphatic heterocycles. The van der Waals surface area contributed by atoms with Gasteiger partial charge in [-0.2, -0.15) is 5.10 Å². The summed E-state index contributed by atoms with van der Waals surface area (Å²) in [5, 5.41) is 17.9. The minimum atomic E-state index is -1.23. The van der Waals surface area contributed by atoms with E-state index in [1.54, 1.807) is 13.8 Å². The number of aromatic nitrogens is 2. The van der Waals surface area contributed by atoms with Crippen molar-refractivity contribution in [1.82, 2.24) is 15.5 Å². The van der Waals surface area contributed by atoms with E-state index in [-0.39, 0.29) is 12.1 Å². The molecule has 1 heterocycles. The van der Waals surface area contributed by atoms with Crippen LogP contribution in [0.5, 0.6) is 0 Å². The number of nitrogens with one attached hydrogen (secondary N) is 2. The van der Waals surface area contributed by atoms with Crippen molar-refractivity contribution >= 4 is 11.9 Å². The molecule has 8 heteroatoms. The molecule has 5 N–H and O–H groups in total. The van der Waals surface area contributed by atoms with Gasteiger partial charge in [0.25, 0.3) is 5.91 Å². The summed E-state index contributed by atoms with van der Waals surface area (Å²) in [5.41, 5.74) is 8.08. The highest BCUT2D eigenvalue weighted by atomic mass is 19.1. The number of hydrogen-bond acceptors (Lipinski definition) is 4. The zero-order chi connectivity index (χ0) is 17.1. The lowest BCUT2D eigenvalue weighted by Crippen LogP contribution is -2.42. The Morgan fingerprint density at radius 1 is 1.39 bits per heavy atom. The second-order valence-corrected chi connectivity index (χ2v) is 5.19. The van der Waals surface area contributed by atoms with Crippen LogP contribution in [0, 0.1) is 19.7 Å². The number of nitrogens with zero attached hydrogens (tertiary/aromatic N) is 1. The minimum Gasteiger partial charge on any atom is -0.480 e. The molecule has 0 spiro atoms. The summed E-state index contributed by atoms with van der Waals surface area (Å²) in [6.07, 6.45) is 0. The number of aryl methyl sites for hydroxylation is 2. The first kappa shape index (κ1) is 16.6. The first-order chi connectivity index (χ1) is 10.8. The highest BCUT2D eigenvalue weighted by molar-refractivity contribution is 5.96. The van der Waals surface area contributed by atoms with Crippen LogP contribution in [0.15, 0.2) is 18.2 Å². The average Bonchev–Trinajstić information content (AvgIpc) is 2.82. The molecule has 0 aliphatic rings. The fraction of sp³-hybridized carbons (Fsp3) is 0.267. The summed E-state index contributed by atoms with van der Waals surface area (Å²) in [6, 6.07) is 2.70. The molecule has 7 nitrogen and oxygen atoms in total. The van der Waals surface area contributed by atoms with Crippen molar-refractivity contribution in [2.75, 3.05) is 6.54 Å². The lowest BCUT2D eigenvalue weighted by atomic mass is 10.0. The second-order valence-electron chi connectivity index (χ2n) is 5.19. The van der Waals surface area contributed by atoms with Crippen LogP contribution < -0.4 is 11.1 Å². The molecule has 0 bridgehead atoms. The molecule has 0 fully saturated rings. The summed E-state index contributed by atoms with van der Waals surface area (Å²) in [5.74, 6) is -2.40. The normalized spacial score (nSPS) is 12.0. The Morgan fingerprint density at radius 3 is 2.65 bits per heavy atom. The van der Waals surface area contributed by atoms with Crippen LogP contribution in [-0.4, -0.2) is 39.8 Å². The fourth-order valence-electron chi connectivity index (χ4n) is 2.23. The standard InChI is InChI=1S/C15H17FN4O3/c1-7-13(8(2)20-19-7)9-3-10(5-11(16)4-9)14(21)18-6-12(17)15(22)23/h3-5,12H,6,17H2,1-2H3,(H,18,21)(H,19,20)(H,22,23)/t12-/m1/s1. The van der Waals surface area contributed by atoms with Gasteiger partial charge in [-0.3, -0.25) is 14.7 Å².